The Hall–Kier alpha value is -1.77. The lowest BCUT2D eigenvalue weighted by Crippen LogP contribution is -2.12. The Morgan fingerprint density at radius 1 is 1.05 bits per heavy atom. The average molecular weight is 257 g/mol. The SMILES string of the molecule is Cc1cc(C(C)(C)C)cc(C)c1-c1cc(N)nn1C. The largest absolute Gasteiger partial charge is 0.382 e. The fourth-order valence-corrected chi connectivity index (χ4v) is 2.52. The summed E-state index contributed by atoms with van der Waals surface area (Å²) in [5, 5.41) is 4.24. The highest BCUT2D eigenvalue weighted by Crippen LogP contribution is 2.33. The number of nitrogens with zero attached hydrogens (tertiary/aromatic N) is 2. The van der Waals surface area contributed by atoms with Crippen LogP contribution in [0.3, 0.4) is 0 Å². The molecule has 2 rings (SSSR count). The van der Waals surface area contributed by atoms with Gasteiger partial charge in [-0.05, 0) is 36.0 Å². The summed E-state index contributed by atoms with van der Waals surface area (Å²) in [6.07, 6.45) is 0. The number of aryl methyl sites for hydroxylation is 3. The number of benzene rings is 1. The normalized spacial score (nSPS) is 11.9. The van der Waals surface area contributed by atoms with Gasteiger partial charge in [0.2, 0.25) is 0 Å². The zero-order chi connectivity index (χ0) is 14.4. The Morgan fingerprint density at radius 3 is 1.95 bits per heavy atom. The lowest BCUT2D eigenvalue weighted by atomic mass is 9.83. The molecule has 0 radical (unpaired) electrons. The van der Waals surface area contributed by atoms with Crippen LogP contribution >= 0.6 is 0 Å². The number of nitrogens with two attached hydrogens (primary N) is 1. The summed E-state index contributed by atoms with van der Waals surface area (Å²) in [5.74, 6) is 0.566. The van der Waals surface area contributed by atoms with E-state index in [4.69, 9.17) is 5.73 Å². The van der Waals surface area contributed by atoms with E-state index in [2.05, 4.69) is 51.9 Å². The summed E-state index contributed by atoms with van der Waals surface area (Å²) in [7, 11) is 1.93. The van der Waals surface area contributed by atoms with Gasteiger partial charge in [-0.15, -0.1) is 0 Å². The monoisotopic (exact) mass is 257 g/mol. The maximum Gasteiger partial charge on any atom is 0.146 e. The van der Waals surface area contributed by atoms with Crippen molar-refractivity contribution in [1.29, 1.82) is 0 Å². The molecule has 0 saturated carbocycles. The minimum atomic E-state index is 0.166. The number of rotatable bonds is 1. The van der Waals surface area contributed by atoms with Gasteiger partial charge in [0.15, 0.2) is 0 Å². The van der Waals surface area contributed by atoms with Gasteiger partial charge < -0.3 is 5.73 Å². The number of anilines is 1. The smallest absolute Gasteiger partial charge is 0.146 e. The van der Waals surface area contributed by atoms with E-state index in [1.165, 1.54) is 22.3 Å². The highest BCUT2D eigenvalue weighted by Gasteiger charge is 2.18. The van der Waals surface area contributed by atoms with Gasteiger partial charge in [0.25, 0.3) is 0 Å². The van der Waals surface area contributed by atoms with E-state index < -0.39 is 0 Å². The third-order valence-corrected chi connectivity index (χ3v) is 3.55. The first kappa shape index (κ1) is 13.7. The molecule has 3 nitrogen and oxygen atoms in total. The molecule has 102 valence electrons. The van der Waals surface area contributed by atoms with E-state index in [-0.39, 0.29) is 5.41 Å². The van der Waals surface area contributed by atoms with Gasteiger partial charge in [0.1, 0.15) is 5.82 Å². The molecule has 0 bridgehead atoms. The van der Waals surface area contributed by atoms with E-state index in [0.717, 1.165) is 5.69 Å². The minimum Gasteiger partial charge on any atom is -0.382 e. The molecular weight excluding hydrogens is 234 g/mol. The van der Waals surface area contributed by atoms with Crippen molar-refractivity contribution in [3.8, 4) is 11.3 Å². The van der Waals surface area contributed by atoms with Gasteiger partial charge in [-0.3, -0.25) is 4.68 Å². The Labute approximate surface area is 115 Å². The molecule has 0 aliphatic heterocycles. The Bertz CT molecular complexity index is 592. The molecule has 1 heterocycles. The van der Waals surface area contributed by atoms with Crippen LogP contribution in [0.1, 0.15) is 37.5 Å². The Balaban J connectivity index is 2.64. The average Bonchev–Trinajstić information content (AvgIpc) is 2.55. The predicted octanol–water partition coefficient (Wildman–Crippen LogP) is 3.58. The van der Waals surface area contributed by atoms with Gasteiger partial charge in [-0.2, -0.15) is 5.10 Å². The Morgan fingerprint density at radius 2 is 1.58 bits per heavy atom. The van der Waals surface area contributed by atoms with Gasteiger partial charge in [-0.25, -0.2) is 0 Å². The number of hydrogen-bond acceptors (Lipinski definition) is 2. The summed E-state index contributed by atoms with van der Waals surface area (Å²) in [6, 6.07) is 6.48. The molecule has 0 atom stereocenters. The first-order chi connectivity index (χ1) is 8.70. The van der Waals surface area contributed by atoms with Crippen molar-refractivity contribution in [3.63, 3.8) is 0 Å². The first-order valence-corrected chi connectivity index (χ1v) is 6.62. The molecule has 3 heteroatoms. The third-order valence-electron chi connectivity index (χ3n) is 3.55. The van der Waals surface area contributed by atoms with Crippen molar-refractivity contribution in [3.05, 3.63) is 34.9 Å². The molecule has 1 aromatic heterocycles. The fraction of sp³-hybridized carbons (Fsp3) is 0.438. The molecule has 0 aliphatic rings. The van der Waals surface area contributed by atoms with E-state index in [0.29, 0.717) is 5.82 Å². The lowest BCUT2D eigenvalue weighted by Gasteiger charge is -2.22. The quantitative estimate of drug-likeness (QED) is 0.848. The van der Waals surface area contributed by atoms with Crippen LogP contribution in [0.25, 0.3) is 11.3 Å². The van der Waals surface area contributed by atoms with Crippen molar-refractivity contribution in [2.24, 2.45) is 7.05 Å². The summed E-state index contributed by atoms with van der Waals surface area (Å²) < 4.78 is 1.85. The zero-order valence-corrected chi connectivity index (χ0v) is 12.7. The molecule has 0 unspecified atom stereocenters. The van der Waals surface area contributed by atoms with Gasteiger partial charge in [0, 0.05) is 18.7 Å². The van der Waals surface area contributed by atoms with Crippen LogP contribution in [0.2, 0.25) is 0 Å². The van der Waals surface area contributed by atoms with Crippen LogP contribution in [0.5, 0.6) is 0 Å². The second-order valence-corrected chi connectivity index (χ2v) is 6.31. The second kappa shape index (κ2) is 4.41. The molecule has 0 spiro atoms. The standard InChI is InChI=1S/C16H23N3/c1-10-7-12(16(3,4)5)8-11(2)15(10)13-9-14(17)18-19(13)6/h7-9H,1-6H3,(H2,17,18). The molecule has 2 N–H and O–H groups in total. The molecule has 2 aromatic rings. The summed E-state index contributed by atoms with van der Waals surface area (Å²) in [6.45, 7) is 11.0. The molecule has 0 fully saturated rings. The maximum atomic E-state index is 5.78. The van der Waals surface area contributed by atoms with Crippen molar-refractivity contribution in [2.45, 2.75) is 40.0 Å². The Kier molecular flexibility index (Phi) is 3.17. The summed E-state index contributed by atoms with van der Waals surface area (Å²) in [4.78, 5) is 0. The van der Waals surface area contributed by atoms with Gasteiger partial charge >= 0.3 is 0 Å². The van der Waals surface area contributed by atoms with Gasteiger partial charge in [-0.1, -0.05) is 32.9 Å². The van der Waals surface area contributed by atoms with E-state index in [9.17, 15) is 0 Å². The van der Waals surface area contributed by atoms with E-state index in [1.807, 2.05) is 17.8 Å². The van der Waals surface area contributed by atoms with Crippen molar-refractivity contribution in [1.82, 2.24) is 9.78 Å². The van der Waals surface area contributed by atoms with E-state index >= 15 is 0 Å². The maximum absolute atomic E-state index is 5.78. The van der Waals surface area contributed by atoms with Crippen LogP contribution in [-0.2, 0) is 12.5 Å². The van der Waals surface area contributed by atoms with Crippen LogP contribution in [-0.4, -0.2) is 9.78 Å². The molecule has 19 heavy (non-hydrogen) atoms. The second-order valence-electron chi connectivity index (χ2n) is 6.31. The molecular formula is C16H23N3. The van der Waals surface area contributed by atoms with Crippen LogP contribution in [0, 0.1) is 13.8 Å². The summed E-state index contributed by atoms with van der Waals surface area (Å²) >= 11 is 0. The van der Waals surface area contributed by atoms with Crippen molar-refractivity contribution < 1.29 is 0 Å². The molecule has 0 amide bonds. The number of nitrogen functional groups attached to an aromatic ring is 1. The minimum absolute atomic E-state index is 0.166. The van der Waals surface area contributed by atoms with Gasteiger partial charge in [0.05, 0.1) is 5.69 Å². The van der Waals surface area contributed by atoms with Crippen LogP contribution < -0.4 is 5.73 Å². The van der Waals surface area contributed by atoms with Crippen molar-refractivity contribution in [2.75, 3.05) is 5.73 Å². The zero-order valence-electron chi connectivity index (χ0n) is 12.7. The molecule has 1 aromatic carbocycles. The van der Waals surface area contributed by atoms with Crippen LogP contribution in [0.4, 0.5) is 5.82 Å². The van der Waals surface area contributed by atoms with Crippen molar-refractivity contribution >= 4 is 5.82 Å². The van der Waals surface area contributed by atoms with Crippen LogP contribution in [0.15, 0.2) is 18.2 Å². The number of aromatic nitrogens is 2. The number of hydrogen-bond donors (Lipinski definition) is 1. The lowest BCUT2D eigenvalue weighted by molar-refractivity contribution is 0.589. The molecule has 0 aliphatic carbocycles. The summed E-state index contributed by atoms with van der Waals surface area (Å²) in [5.41, 5.74) is 12.2. The third kappa shape index (κ3) is 2.50. The highest BCUT2D eigenvalue weighted by atomic mass is 15.3. The predicted molar refractivity (Wildman–Crippen MR) is 81.2 cm³/mol. The van der Waals surface area contributed by atoms with E-state index in [1.54, 1.807) is 0 Å². The highest BCUT2D eigenvalue weighted by molar-refractivity contribution is 5.70. The fourth-order valence-electron chi connectivity index (χ4n) is 2.52. The molecule has 0 saturated heterocycles. The topological polar surface area (TPSA) is 43.8 Å². The first-order valence-electron chi connectivity index (χ1n) is 6.62.